The van der Waals surface area contributed by atoms with Crippen LogP contribution in [0, 0.1) is 6.92 Å². The first-order valence-electron chi connectivity index (χ1n) is 8.10. The lowest BCUT2D eigenvalue weighted by Crippen LogP contribution is -2.14. The first-order chi connectivity index (χ1) is 12.8. The number of amides is 1. The van der Waals surface area contributed by atoms with Crippen LogP contribution in [0.3, 0.4) is 0 Å². The predicted octanol–water partition coefficient (Wildman–Crippen LogP) is 4.70. The summed E-state index contributed by atoms with van der Waals surface area (Å²) in [5, 5.41) is 2.93. The van der Waals surface area contributed by atoms with Crippen LogP contribution in [-0.4, -0.2) is 14.3 Å². The zero-order chi connectivity index (χ0) is 19.4. The second kappa shape index (κ2) is 7.82. The maximum atomic E-state index is 12.4. The summed E-state index contributed by atoms with van der Waals surface area (Å²) < 4.78 is 27.4. The van der Waals surface area contributed by atoms with E-state index in [1.54, 1.807) is 42.5 Å². The molecule has 3 rings (SSSR count). The summed E-state index contributed by atoms with van der Waals surface area (Å²) in [7, 11) is -3.72. The molecule has 3 aromatic rings. The lowest BCUT2D eigenvalue weighted by atomic mass is 10.2. The standard InChI is InChI=1S/C20H17ClN2O3S/c1-14-7-10-17(11-8-14)27(25,26)23-16-9-12-19(18(21)13-16)22-20(24)15-5-3-2-4-6-15/h2-13,23H,1H3,(H,22,24). The van der Waals surface area contributed by atoms with Crippen molar-refractivity contribution in [2.45, 2.75) is 11.8 Å². The van der Waals surface area contributed by atoms with E-state index in [1.165, 1.54) is 24.3 Å². The van der Waals surface area contributed by atoms with Gasteiger partial charge in [-0.05, 0) is 49.4 Å². The first-order valence-corrected chi connectivity index (χ1v) is 9.97. The van der Waals surface area contributed by atoms with Gasteiger partial charge in [-0.2, -0.15) is 0 Å². The Kier molecular flexibility index (Phi) is 5.48. The molecule has 0 fully saturated rings. The number of sulfonamides is 1. The van der Waals surface area contributed by atoms with Gasteiger partial charge in [-0.15, -0.1) is 0 Å². The minimum absolute atomic E-state index is 0.158. The molecule has 3 aromatic carbocycles. The maximum absolute atomic E-state index is 12.4. The third-order valence-electron chi connectivity index (χ3n) is 3.84. The van der Waals surface area contributed by atoms with Crippen LogP contribution in [0.25, 0.3) is 0 Å². The van der Waals surface area contributed by atoms with E-state index in [2.05, 4.69) is 10.0 Å². The minimum Gasteiger partial charge on any atom is -0.321 e. The second-order valence-electron chi connectivity index (χ2n) is 5.93. The zero-order valence-corrected chi connectivity index (χ0v) is 16.0. The highest BCUT2D eigenvalue weighted by Gasteiger charge is 2.15. The van der Waals surface area contributed by atoms with Crippen molar-refractivity contribution in [1.82, 2.24) is 0 Å². The van der Waals surface area contributed by atoms with E-state index in [0.29, 0.717) is 16.9 Å². The third kappa shape index (κ3) is 4.67. The SMILES string of the molecule is Cc1ccc(S(=O)(=O)Nc2ccc(NC(=O)c3ccccc3)c(Cl)c2)cc1. The lowest BCUT2D eigenvalue weighted by Gasteiger charge is -2.11. The molecular weight excluding hydrogens is 384 g/mol. The van der Waals surface area contributed by atoms with Crippen LogP contribution in [0.2, 0.25) is 5.02 Å². The summed E-state index contributed by atoms with van der Waals surface area (Å²) in [5.74, 6) is -0.300. The molecule has 0 aliphatic carbocycles. The number of benzene rings is 3. The first kappa shape index (κ1) is 18.9. The van der Waals surface area contributed by atoms with Crippen molar-refractivity contribution in [2.75, 3.05) is 10.0 Å². The smallest absolute Gasteiger partial charge is 0.261 e. The number of carbonyl (C=O) groups excluding carboxylic acids is 1. The van der Waals surface area contributed by atoms with E-state index in [-0.39, 0.29) is 15.8 Å². The van der Waals surface area contributed by atoms with Crippen molar-refractivity contribution >= 4 is 38.9 Å². The van der Waals surface area contributed by atoms with Gasteiger partial charge in [-0.25, -0.2) is 8.42 Å². The molecule has 0 aliphatic rings. The summed E-state index contributed by atoms with van der Waals surface area (Å²) in [6, 6.07) is 19.8. The average Bonchev–Trinajstić information content (AvgIpc) is 2.64. The fourth-order valence-corrected chi connectivity index (χ4v) is 3.67. The van der Waals surface area contributed by atoms with E-state index in [4.69, 9.17) is 11.6 Å². The molecule has 5 nitrogen and oxygen atoms in total. The number of halogens is 1. The van der Waals surface area contributed by atoms with Crippen LogP contribution >= 0.6 is 11.6 Å². The molecule has 2 N–H and O–H groups in total. The molecule has 0 unspecified atom stereocenters. The Morgan fingerprint density at radius 1 is 0.926 bits per heavy atom. The largest absolute Gasteiger partial charge is 0.321 e. The van der Waals surface area contributed by atoms with Gasteiger partial charge >= 0.3 is 0 Å². The van der Waals surface area contributed by atoms with Gasteiger partial charge in [-0.3, -0.25) is 9.52 Å². The van der Waals surface area contributed by atoms with Gasteiger partial charge in [0.1, 0.15) is 0 Å². The Hall–Kier alpha value is -2.83. The van der Waals surface area contributed by atoms with Crippen molar-refractivity contribution in [2.24, 2.45) is 0 Å². The van der Waals surface area contributed by atoms with Crippen molar-refractivity contribution in [3.8, 4) is 0 Å². The van der Waals surface area contributed by atoms with Crippen LogP contribution < -0.4 is 10.0 Å². The predicted molar refractivity (Wildman–Crippen MR) is 108 cm³/mol. The Morgan fingerprint density at radius 3 is 2.22 bits per heavy atom. The summed E-state index contributed by atoms with van der Waals surface area (Å²) in [4.78, 5) is 12.4. The summed E-state index contributed by atoms with van der Waals surface area (Å²) in [6.07, 6.45) is 0. The summed E-state index contributed by atoms with van der Waals surface area (Å²) in [5.41, 5.74) is 2.16. The number of nitrogens with one attached hydrogen (secondary N) is 2. The molecule has 0 heterocycles. The van der Waals surface area contributed by atoms with Crippen molar-refractivity contribution < 1.29 is 13.2 Å². The highest BCUT2D eigenvalue weighted by molar-refractivity contribution is 7.92. The molecule has 0 saturated carbocycles. The summed E-state index contributed by atoms with van der Waals surface area (Å²) >= 11 is 6.21. The van der Waals surface area contributed by atoms with E-state index in [0.717, 1.165) is 5.56 Å². The molecule has 0 atom stereocenters. The molecule has 0 radical (unpaired) electrons. The van der Waals surface area contributed by atoms with Crippen LogP contribution in [0.1, 0.15) is 15.9 Å². The highest BCUT2D eigenvalue weighted by Crippen LogP contribution is 2.27. The van der Waals surface area contributed by atoms with Gasteiger partial charge in [0.05, 0.1) is 21.3 Å². The Morgan fingerprint density at radius 2 is 1.59 bits per heavy atom. The fourth-order valence-electron chi connectivity index (χ4n) is 2.40. The van der Waals surface area contributed by atoms with Crippen LogP contribution in [0.15, 0.2) is 77.7 Å². The van der Waals surface area contributed by atoms with Gasteiger partial charge in [0, 0.05) is 5.56 Å². The molecule has 7 heteroatoms. The number of carbonyl (C=O) groups is 1. The van der Waals surface area contributed by atoms with Gasteiger partial charge in [0.25, 0.3) is 15.9 Å². The van der Waals surface area contributed by atoms with E-state index in [9.17, 15) is 13.2 Å². The zero-order valence-electron chi connectivity index (χ0n) is 14.4. The molecule has 0 bridgehead atoms. The summed E-state index contributed by atoms with van der Waals surface area (Å²) in [6.45, 7) is 1.88. The average molecular weight is 401 g/mol. The fraction of sp³-hybridized carbons (Fsp3) is 0.0500. The van der Waals surface area contributed by atoms with Crippen LogP contribution in [0.4, 0.5) is 11.4 Å². The number of hydrogen-bond acceptors (Lipinski definition) is 3. The van der Waals surface area contributed by atoms with Gasteiger partial charge in [0.2, 0.25) is 0 Å². The highest BCUT2D eigenvalue weighted by atomic mass is 35.5. The van der Waals surface area contributed by atoms with E-state index < -0.39 is 10.0 Å². The quantitative estimate of drug-likeness (QED) is 0.651. The van der Waals surface area contributed by atoms with Crippen molar-refractivity contribution in [3.63, 3.8) is 0 Å². The molecule has 138 valence electrons. The second-order valence-corrected chi connectivity index (χ2v) is 8.02. The molecule has 0 aliphatic heterocycles. The van der Waals surface area contributed by atoms with Crippen LogP contribution in [0.5, 0.6) is 0 Å². The third-order valence-corrected chi connectivity index (χ3v) is 5.55. The minimum atomic E-state index is -3.72. The number of aryl methyl sites for hydroxylation is 1. The van der Waals surface area contributed by atoms with E-state index >= 15 is 0 Å². The normalized spacial score (nSPS) is 11.0. The lowest BCUT2D eigenvalue weighted by molar-refractivity contribution is 0.102. The number of anilines is 2. The molecule has 0 spiro atoms. The molecule has 0 aromatic heterocycles. The van der Waals surface area contributed by atoms with Crippen molar-refractivity contribution in [1.29, 1.82) is 0 Å². The molecule has 0 saturated heterocycles. The van der Waals surface area contributed by atoms with Crippen LogP contribution in [-0.2, 0) is 10.0 Å². The van der Waals surface area contributed by atoms with Gasteiger partial charge in [0.15, 0.2) is 0 Å². The van der Waals surface area contributed by atoms with Crippen molar-refractivity contribution in [3.05, 3.63) is 88.9 Å². The Labute approximate surface area is 163 Å². The Balaban J connectivity index is 1.76. The topological polar surface area (TPSA) is 75.3 Å². The van der Waals surface area contributed by atoms with Gasteiger partial charge in [-0.1, -0.05) is 47.5 Å². The number of rotatable bonds is 5. The van der Waals surface area contributed by atoms with Gasteiger partial charge < -0.3 is 5.32 Å². The molecular formula is C20H17ClN2O3S. The van der Waals surface area contributed by atoms with E-state index in [1.807, 2.05) is 13.0 Å². The monoisotopic (exact) mass is 400 g/mol. The molecule has 1 amide bonds. The molecule has 27 heavy (non-hydrogen) atoms. The number of hydrogen-bond donors (Lipinski definition) is 2. The maximum Gasteiger partial charge on any atom is 0.261 e. The Bertz CT molecular complexity index is 1070.